The number of ketones is 1. The topological polar surface area (TPSA) is 46.6 Å². The van der Waals surface area contributed by atoms with Crippen LogP contribution in [0.15, 0.2) is 0 Å². The maximum atomic E-state index is 12.4. The third kappa shape index (κ3) is 3.65. The fourth-order valence-corrected chi connectivity index (χ4v) is 3.93. The Kier molecular flexibility index (Phi) is 5.07. The summed E-state index contributed by atoms with van der Waals surface area (Å²) < 4.78 is 5.00. The lowest BCUT2D eigenvalue weighted by molar-refractivity contribution is -0.158. The molecule has 2 fully saturated rings. The number of hydrogen-bond donors (Lipinski definition) is 0. The van der Waals surface area contributed by atoms with E-state index in [1.807, 2.05) is 7.05 Å². The second-order valence-corrected chi connectivity index (χ2v) is 7.40. The molecule has 0 aromatic heterocycles. The molecule has 3 unspecified atom stereocenters. The smallest absolute Gasteiger partial charge is 0.319 e. The number of rotatable bonds is 7. The first-order valence-electron chi connectivity index (χ1n) is 8.23. The van der Waals surface area contributed by atoms with Crippen LogP contribution in [0.3, 0.4) is 0 Å². The molecule has 0 aliphatic heterocycles. The quantitative estimate of drug-likeness (QED) is 0.535. The highest BCUT2D eigenvalue weighted by molar-refractivity contribution is 6.03. The van der Waals surface area contributed by atoms with Crippen LogP contribution in [0.25, 0.3) is 0 Å². The Bertz CT molecular complexity index is 405. The minimum Gasteiger partial charge on any atom is -0.465 e. The molecular formula is C17H29NO3. The van der Waals surface area contributed by atoms with Crippen molar-refractivity contribution < 1.29 is 14.3 Å². The number of fused-ring (bicyclic) bond motifs is 2. The Balaban J connectivity index is 1.83. The SMILES string of the molecule is CCOC(=O)C(C)(C)C(=O)CN(C)CC1CC2CCC1C2. The lowest BCUT2D eigenvalue weighted by Crippen LogP contribution is -2.42. The summed E-state index contributed by atoms with van der Waals surface area (Å²) in [4.78, 5) is 26.3. The molecule has 0 aromatic rings. The van der Waals surface area contributed by atoms with Gasteiger partial charge in [0.25, 0.3) is 0 Å². The van der Waals surface area contributed by atoms with Crippen molar-refractivity contribution in [3.8, 4) is 0 Å². The van der Waals surface area contributed by atoms with Gasteiger partial charge in [0.05, 0.1) is 13.2 Å². The van der Waals surface area contributed by atoms with Crippen LogP contribution in [0.5, 0.6) is 0 Å². The largest absolute Gasteiger partial charge is 0.465 e. The summed E-state index contributed by atoms with van der Waals surface area (Å²) in [6.07, 6.45) is 5.48. The van der Waals surface area contributed by atoms with Crippen LogP contribution < -0.4 is 0 Å². The fourth-order valence-electron chi connectivity index (χ4n) is 3.93. The van der Waals surface area contributed by atoms with Crippen LogP contribution in [-0.2, 0) is 14.3 Å². The fraction of sp³-hybridized carbons (Fsp3) is 0.882. The molecule has 2 aliphatic carbocycles. The maximum absolute atomic E-state index is 12.4. The number of ether oxygens (including phenoxy) is 1. The third-order valence-electron chi connectivity index (χ3n) is 5.33. The summed E-state index contributed by atoms with van der Waals surface area (Å²) in [5.74, 6) is 2.08. The second-order valence-electron chi connectivity index (χ2n) is 7.40. The van der Waals surface area contributed by atoms with E-state index in [2.05, 4.69) is 4.90 Å². The van der Waals surface area contributed by atoms with Crippen molar-refractivity contribution in [1.29, 1.82) is 0 Å². The first kappa shape index (κ1) is 16.5. The van der Waals surface area contributed by atoms with Gasteiger partial charge in [-0.05, 0) is 64.8 Å². The lowest BCUT2D eigenvalue weighted by atomic mass is 9.86. The highest BCUT2D eigenvalue weighted by Gasteiger charge is 2.41. The van der Waals surface area contributed by atoms with E-state index in [1.165, 1.54) is 25.7 Å². The summed E-state index contributed by atoms with van der Waals surface area (Å²) in [6.45, 7) is 6.72. The second kappa shape index (κ2) is 6.47. The summed E-state index contributed by atoms with van der Waals surface area (Å²) in [7, 11) is 1.99. The first-order valence-corrected chi connectivity index (χ1v) is 8.23. The Morgan fingerprint density at radius 3 is 2.48 bits per heavy atom. The standard InChI is InChI=1S/C17H29NO3/c1-5-21-16(20)17(2,3)15(19)11-18(4)10-14-9-12-6-7-13(14)8-12/h12-14H,5-11H2,1-4H3. The average Bonchev–Trinajstić information content (AvgIpc) is 3.00. The van der Waals surface area contributed by atoms with Crippen molar-refractivity contribution in [3.63, 3.8) is 0 Å². The molecule has 0 heterocycles. The molecule has 0 N–H and O–H groups in total. The van der Waals surface area contributed by atoms with E-state index in [4.69, 9.17) is 4.74 Å². The van der Waals surface area contributed by atoms with Gasteiger partial charge >= 0.3 is 5.97 Å². The van der Waals surface area contributed by atoms with Gasteiger partial charge in [-0.1, -0.05) is 6.42 Å². The summed E-state index contributed by atoms with van der Waals surface area (Å²) in [6, 6.07) is 0. The molecule has 2 bridgehead atoms. The zero-order chi connectivity index (χ0) is 15.6. The van der Waals surface area contributed by atoms with Crippen LogP contribution in [0.1, 0.15) is 46.5 Å². The van der Waals surface area contributed by atoms with Gasteiger partial charge < -0.3 is 4.74 Å². The van der Waals surface area contributed by atoms with E-state index in [0.717, 1.165) is 24.3 Å². The molecule has 2 rings (SSSR count). The highest BCUT2D eigenvalue weighted by Crippen LogP contribution is 2.48. The van der Waals surface area contributed by atoms with Crippen molar-refractivity contribution in [2.24, 2.45) is 23.2 Å². The van der Waals surface area contributed by atoms with E-state index in [-0.39, 0.29) is 5.78 Å². The highest BCUT2D eigenvalue weighted by atomic mass is 16.5. The lowest BCUT2D eigenvalue weighted by Gasteiger charge is -2.29. The monoisotopic (exact) mass is 295 g/mol. The molecule has 3 atom stereocenters. The molecule has 2 saturated carbocycles. The van der Waals surface area contributed by atoms with Crippen LogP contribution in [0.4, 0.5) is 0 Å². The van der Waals surface area contributed by atoms with Gasteiger partial charge in [-0.3, -0.25) is 14.5 Å². The van der Waals surface area contributed by atoms with Crippen LogP contribution >= 0.6 is 0 Å². The van der Waals surface area contributed by atoms with Gasteiger partial charge in [0, 0.05) is 6.54 Å². The molecule has 2 aliphatic rings. The summed E-state index contributed by atoms with van der Waals surface area (Å²) >= 11 is 0. The molecule has 0 radical (unpaired) electrons. The molecule has 120 valence electrons. The van der Waals surface area contributed by atoms with Gasteiger partial charge in [-0.25, -0.2) is 0 Å². The molecule has 4 nitrogen and oxygen atoms in total. The Labute approximate surface area is 128 Å². The Morgan fingerprint density at radius 2 is 1.95 bits per heavy atom. The van der Waals surface area contributed by atoms with Crippen LogP contribution in [0, 0.1) is 23.2 Å². The summed E-state index contributed by atoms with van der Waals surface area (Å²) in [5.41, 5.74) is -1.04. The zero-order valence-corrected chi connectivity index (χ0v) is 13.9. The van der Waals surface area contributed by atoms with Crippen molar-refractivity contribution in [2.45, 2.75) is 46.5 Å². The number of carbonyl (C=O) groups is 2. The number of nitrogens with zero attached hydrogens (tertiary/aromatic N) is 1. The van der Waals surface area contributed by atoms with E-state index >= 15 is 0 Å². The maximum Gasteiger partial charge on any atom is 0.319 e. The minimum absolute atomic E-state index is 0.0494. The van der Waals surface area contributed by atoms with Gasteiger partial charge in [0.2, 0.25) is 0 Å². The van der Waals surface area contributed by atoms with Crippen molar-refractivity contribution in [1.82, 2.24) is 4.90 Å². The minimum atomic E-state index is -1.04. The van der Waals surface area contributed by atoms with Crippen molar-refractivity contribution in [3.05, 3.63) is 0 Å². The average molecular weight is 295 g/mol. The molecule has 0 amide bonds. The van der Waals surface area contributed by atoms with Crippen LogP contribution in [0.2, 0.25) is 0 Å². The van der Waals surface area contributed by atoms with Gasteiger partial charge in [-0.15, -0.1) is 0 Å². The number of likely N-dealkylation sites (N-methyl/N-ethyl adjacent to an activating group) is 1. The molecule has 0 spiro atoms. The predicted molar refractivity (Wildman–Crippen MR) is 81.9 cm³/mol. The number of esters is 1. The van der Waals surface area contributed by atoms with E-state index in [0.29, 0.717) is 13.2 Å². The number of carbonyl (C=O) groups excluding carboxylic acids is 2. The molecule has 4 heteroatoms. The van der Waals surface area contributed by atoms with Gasteiger partial charge in [0.1, 0.15) is 5.41 Å². The third-order valence-corrected chi connectivity index (χ3v) is 5.33. The Hall–Kier alpha value is -0.900. The van der Waals surface area contributed by atoms with Crippen molar-refractivity contribution >= 4 is 11.8 Å². The van der Waals surface area contributed by atoms with Gasteiger partial charge in [-0.2, -0.15) is 0 Å². The van der Waals surface area contributed by atoms with Crippen molar-refractivity contribution in [2.75, 3.05) is 26.7 Å². The van der Waals surface area contributed by atoms with Gasteiger partial charge in [0.15, 0.2) is 5.78 Å². The molecule has 21 heavy (non-hydrogen) atoms. The Morgan fingerprint density at radius 1 is 1.24 bits per heavy atom. The molecule has 0 saturated heterocycles. The van der Waals surface area contributed by atoms with Crippen LogP contribution in [-0.4, -0.2) is 43.4 Å². The van der Waals surface area contributed by atoms with E-state index in [1.54, 1.807) is 20.8 Å². The normalized spacial score (nSPS) is 28.1. The summed E-state index contributed by atoms with van der Waals surface area (Å²) in [5, 5.41) is 0. The number of Topliss-reactive ketones (excluding diaryl/α,β-unsaturated/α-hetero) is 1. The zero-order valence-electron chi connectivity index (χ0n) is 13.9. The first-order chi connectivity index (χ1) is 9.84. The molecular weight excluding hydrogens is 266 g/mol. The van der Waals surface area contributed by atoms with E-state index < -0.39 is 11.4 Å². The predicted octanol–water partition coefficient (Wildman–Crippen LogP) is 2.51. The number of hydrogen-bond acceptors (Lipinski definition) is 4. The van der Waals surface area contributed by atoms with E-state index in [9.17, 15) is 9.59 Å². The molecule has 0 aromatic carbocycles.